The van der Waals surface area contributed by atoms with Crippen LogP contribution in [-0.4, -0.2) is 14.3 Å². The number of nitriles is 1. The zero-order valence-corrected chi connectivity index (χ0v) is 16.9. The van der Waals surface area contributed by atoms with Gasteiger partial charge in [0.2, 0.25) is 10.0 Å². The topological polar surface area (TPSA) is 126 Å². The summed E-state index contributed by atoms with van der Waals surface area (Å²) >= 11 is 0. The van der Waals surface area contributed by atoms with E-state index in [1.54, 1.807) is 6.07 Å². The minimum Gasteiger partial charge on any atom is -0.457 e. The van der Waals surface area contributed by atoms with Crippen LogP contribution in [0.25, 0.3) is 17.4 Å². The number of alkyl halides is 3. The molecule has 7 nitrogen and oxygen atoms in total. The van der Waals surface area contributed by atoms with Gasteiger partial charge in [-0.05, 0) is 54.6 Å². The minimum atomic E-state index is -4.58. The molecule has 3 rings (SSSR count). The Morgan fingerprint density at radius 1 is 1.09 bits per heavy atom. The van der Waals surface area contributed by atoms with Gasteiger partial charge in [0.05, 0.1) is 10.5 Å². The number of rotatable bonds is 5. The van der Waals surface area contributed by atoms with Gasteiger partial charge in [-0.15, -0.1) is 0 Å². The minimum absolute atomic E-state index is 0.0778. The molecule has 0 bridgehead atoms. The van der Waals surface area contributed by atoms with Crippen LogP contribution in [0.2, 0.25) is 0 Å². The molecule has 0 radical (unpaired) electrons. The number of hydrogen-bond donors (Lipinski definition) is 2. The lowest BCUT2D eigenvalue weighted by Gasteiger charge is -2.09. The van der Waals surface area contributed by atoms with E-state index < -0.39 is 33.2 Å². The molecule has 0 saturated carbocycles. The monoisotopic (exact) mass is 461 g/mol. The Labute approximate surface area is 180 Å². The van der Waals surface area contributed by atoms with E-state index >= 15 is 0 Å². The highest BCUT2D eigenvalue weighted by atomic mass is 32.2. The summed E-state index contributed by atoms with van der Waals surface area (Å²) < 4.78 is 66.6. The first-order valence-corrected chi connectivity index (χ1v) is 10.4. The number of sulfonamides is 1. The van der Waals surface area contributed by atoms with Crippen molar-refractivity contribution in [3.05, 3.63) is 77.6 Å². The molecule has 11 heteroatoms. The number of anilines is 1. The van der Waals surface area contributed by atoms with Crippen LogP contribution in [0.5, 0.6) is 0 Å². The van der Waals surface area contributed by atoms with Gasteiger partial charge in [-0.25, -0.2) is 13.6 Å². The van der Waals surface area contributed by atoms with Crippen molar-refractivity contribution in [2.24, 2.45) is 5.14 Å². The predicted molar refractivity (Wildman–Crippen MR) is 109 cm³/mol. The van der Waals surface area contributed by atoms with Gasteiger partial charge >= 0.3 is 6.18 Å². The molecule has 0 unspecified atom stereocenters. The number of carbonyl (C=O) groups is 1. The standard InChI is InChI=1S/C21H14F3N3O4S/c22-21(23,24)15-2-1-3-16(11-15)27-20(28)14(12-25)10-17-6-9-19(31-17)13-4-7-18(8-5-13)32(26,29)30/h1-11H,(H,27,28)(H2,26,29,30). The summed E-state index contributed by atoms with van der Waals surface area (Å²) in [6.07, 6.45) is -3.45. The zero-order valence-electron chi connectivity index (χ0n) is 16.1. The Kier molecular flexibility index (Phi) is 6.20. The molecule has 0 aliphatic rings. The summed E-state index contributed by atoms with van der Waals surface area (Å²) in [5.74, 6) is -0.457. The molecule has 3 N–H and O–H groups in total. The number of carbonyl (C=O) groups excluding carboxylic acids is 1. The van der Waals surface area contributed by atoms with E-state index in [1.165, 1.54) is 42.5 Å². The molecular weight excluding hydrogens is 447 g/mol. The van der Waals surface area contributed by atoms with Crippen molar-refractivity contribution in [3.8, 4) is 17.4 Å². The van der Waals surface area contributed by atoms with Crippen LogP contribution in [0.1, 0.15) is 11.3 Å². The van der Waals surface area contributed by atoms with Crippen molar-refractivity contribution < 1.29 is 30.8 Å². The lowest BCUT2D eigenvalue weighted by molar-refractivity contribution is -0.137. The van der Waals surface area contributed by atoms with Crippen molar-refractivity contribution in [2.45, 2.75) is 11.1 Å². The maximum atomic E-state index is 12.8. The molecule has 0 aliphatic carbocycles. The highest BCUT2D eigenvalue weighted by Crippen LogP contribution is 2.31. The van der Waals surface area contributed by atoms with Crippen LogP contribution < -0.4 is 10.5 Å². The molecule has 1 aromatic heterocycles. The van der Waals surface area contributed by atoms with E-state index in [1.807, 2.05) is 0 Å². The first-order valence-electron chi connectivity index (χ1n) is 8.81. The number of hydrogen-bond acceptors (Lipinski definition) is 5. The third-order valence-electron chi connectivity index (χ3n) is 4.19. The normalized spacial score (nSPS) is 12.3. The van der Waals surface area contributed by atoms with Gasteiger partial charge in [0.1, 0.15) is 23.2 Å². The Balaban J connectivity index is 1.79. The fourth-order valence-electron chi connectivity index (χ4n) is 2.66. The number of benzene rings is 2. The lowest BCUT2D eigenvalue weighted by atomic mass is 10.1. The third-order valence-corrected chi connectivity index (χ3v) is 5.12. The lowest BCUT2D eigenvalue weighted by Crippen LogP contribution is -2.14. The molecule has 0 atom stereocenters. The van der Waals surface area contributed by atoms with E-state index in [2.05, 4.69) is 5.32 Å². The Morgan fingerprint density at radius 2 is 1.78 bits per heavy atom. The van der Waals surface area contributed by atoms with Gasteiger partial charge in [0.25, 0.3) is 5.91 Å². The van der Waals surface area contributed by atoms with E-state index in [0.717, 1.165) is 24.3 Å². The van der Waals surface area contributed by atoms with Crippen molar-refractivity contribution in [3.63, 3.8) is 0 Å². The van der Waals surface area contributed by atoms with Gasteiger partial charge in [-0.3, -0.25) is 4.79 Å². The Hall–Kier alpha value is -3.88. The average molecular weight is 461 g/mol. The highest BCUT2D eigenvalue weighted by Gasteiger charge is 2.30. The third kappa shape index (κ3) is 5.42. The predicted octanol–water partition coefficient (Wildman–Crippen LogP) is 4.16. The van der Waals surface area contributed by atoms with Gasteiger partial charge in [0, 0.05) is 17.3 Å². The smallest absolute Gasteiger partial charge is 0.416 e. The largest absolute Gasteiger partial charge is 0.457 e. The number of nitrogens with zero attached hydrogens (tertiary/aromatic N) is 1. The number of furan rings is 1. The summed E-state index contributed by atoms with van der Waals surface area (Å²) in [6, 6.07) is 14.2. The summed E-state index contributed by atoms with van der Waals surface area (Å²) in [5.41, 5.74) is -0.945. The number of halogens is 3. The molecule has 1 amide bonds. The first-order chi connectivity index (χ1) is 15.0. The van der Waals surface area contributed by atoms with Crippen LogP contribution in [0.4, 0.5) is 18.9 Å². The molecular formula is C21H14F3N3O4S. The molecule has 2 aromatic carbocycles. The maximum absolute atomic E-state index is 12.8. The fourth-order valence-corrected chi connectivity index (χ4v) is 3.17. The van der Waals surface area contributed by atoms with Gasteiger partial charge in [-0.1, -0.05) is 6.07 Å². The highest BCUT2D eigenvalue weighted by molar-refractivity contribution is 7.89. The van der Waals surface area contributed by atoms with Crippen molar-refractivity contribution >= 4 is 27.7 Å². The Bertz CT molecular complexity index is 1340. The van der Waals surface area contributed by atoms with Crippen LogP contribution in [0.3, 0.4) is 0 Å². The molecule has 0 spiro atoms. The molecule has 3 aromatic rings. The molecule has 0 aliphatic heterocycles. The molecule has 32 heavy (non-hydrogen) atoms. The van der Waals surface area contributed by atoms with Gasteiger partial charge in [0.15, 0.2) is 0 Å². The van der Waals surface area contributed by atoms with Crippen LogP contribution >= 0.6 is 0 Å². The summed E-state index contributed by atoms with van der Waals surface area (Å²) in [6.45, 7) is 0. The van der Waals surface area contributed by atoms with Crippen LogP contribution in [0.15, 0.2) is 75.5 Å². The number of primary sulfonamides is 1. The second-order valence-corrected chi connectivity index (χ2v) is 8.04. The molecule has 0 fully saturated rings. The van der Waals surface area contributed by atoms with Crippen LogP contribution in [0, 0.1) is 11.3 Å². The van der Waals surface area contributed by atoms with Crippen molar-refractivity contribution in [1.29, 1.82) is 5.26 Å². The molecule has 1 heterocycles. The average Bonchev–Trinajstić information content (AvgIpc) is 3.19. The number of nitrogens with two attached hydrogens (primary N) is 1. The number of amides is 1. The summed E-state index contributed by atoms with van der Waals surface area (Å²) in [4.78, 5) is 12.2. The quantitative estimate of drug-likeness (QED) is 0.436. The summed E-state index contributed by atoms with van der Waals surface area (Å²) in [5, 5.41) is 16.6. The summed E-state index contributed by atoms with van der Waals surface area (Å²) in [7, 11) is -3.85. The first kappa shape index (κ1) is 22.8. The maximum Gasteiger partial charge on any atom is 0.416 e. The van der Waals surface area contributed by atoms with E-state index in [9.17, 15) is 31.6 Å². The second-order valence-electron chi connectivity index (χ2n) is 6.47. The molecule has 0 saturated heterocycles. The van der Waals surface area contributed by atoms with Crippen molar-refractivity contribution in [2.75, 3.05) is 5.32 Å². The Morgan fingerprint density at radius 3 is 2.38 bits per heavy atom. The van der Waals surface area contributed by atoms with E-state index in [0.29, 0.717) is 11.3 Å². The van der Waals surface area contributed by atoms with Crippen LogP contribution in [-0.2, 0) is 21.0 Å². The van der Waals surface area contributed by atoms with E-state index in [4.69, 9.17) is 9.56 Å². The number of nitrogens with one attached hydrogen (secondary N) is 1. The fraction of sp³-hybridized carbons (Fsp3) is 0.0476. The van der Waals surface area contributed by atoms with Gasteiger partial charge < -0.3 is 9.73 Å². The van der Waals surface area contributed by atoms with Gasteiger partial charge in [-0.2, -0.15) is 18.4 Å². The zero-order chi connectivity index (χ0) is 23.5. The molecule has 164 valence electrons. The van der Waals surface area contributed by atoms with Crippen molar-refractivity contribution in [1.82, 2.24) is 0 Å². The van der Waals surface area contributed by atoms with E-state index in [-0.39, 0.29) is 16.3 Å². The second kappa shape index (κ2) is 8.70. The SMILES string of the molecule is N#CC(=Cc1ccc(-c2ccc(S(N)(=O)=O)cc2)o1)C(=O)Nc1cccc(C(F)(F)F)c1.